The van der Waals surface area contributed by atoms with Gasteiger partial charge in [-0.1, -0.05) is 13.3 Å². The van der Waals surface area contributed by atoms with Crippen LogP contribution in [0.2, 0.25) is 0 Å². The van der Waals surface area contributed by atoms with Crippen LogP contribution in [0, 0.1) is 0 Å². The van der Waals surface area contributed by atoms with Gasteiger partial charge >= 0.3 is 11.9 Å². The van der Waals surface area contributed by atoms with Crippen molar-refractivity contribution < 1.29 is 29.6 Å². The molecular formula is C12H14O6. The van der Waals surface area contributed by atoms with Crippen molar-refractivity contribution in [2.75, 3.05) is 6.61 Å². The van der Waals surface area contributed by atoms with Crippen LogP contribution in [0.25, 0.3) is 0 Å². The number of aromatic carboxylic acids is 2. The summed E-state index contributed by atoms with van der Waals surface area (Å²) in [6.07, 6.45) is 1.67. The molecule has 2 N–H and O–H groups in total. The van der Waals surface area contributed by atoms with Crippen LogP contribution in [0.15, 0.2) is 18.2 Å². The number of unbranched alkanes of at least 4 members (excludes halogenated alkanes) is 1. The highest BCUT2D eigenvalue weighted by Crippen LogP contribution is 2.21. The number of carbonyl (C=O) groups is 2. The van der Waals surface area contributed by atoms with Gasteiger partial charge in [0.05, 0.1) is 12.2 Å². The fourth-order valence-corrected chi connectivity index (χ4v) is 1.21. The Morgan fingerprint density at radius 2 is 1.94 bits per heavy atom. The fourth-order valence-electron chi connectivity index (χ4n) is 1.21. The number of benzene rings is 1. The van der Waals surface area contributed by atoms with Crippen molar-refractivity contribution >= 4 is 11.9 Å². The van der Waals surface area contributed by atoms with Gasteiger partial charge in [0.25, 0.3) is 0 Å². The van der Waals surface area contributed by atoms with Gasteiger partial charge in [-0.05, 0) is 24.6 Å². The minimum Gasteiger partial charge on any atom is -0.478 e. The first-order valence-electron chi connectivity index (χ1n) is 5.46. The Morgan fingerprint density at radius 3 is 2.50 bits per heavy atom. The molecule has 0 radical (unpaired) electrons. The third kappa shape index (κ3) is 3.74. The van der Waals surface area contributed by atoms with E-state index in [1.807, 2.05) is 6.92 Å². The normalized spacial score (nSPS) is 10.1. The van der Waals surface area contributed by atoms with E-state index in [4.69, 9.17) is 20.0 Å². The molecule has 6 nitrogen and oxygen atoms in total. The van der Waals surface area contributed by atoms with E-state index < -0.39 is 11.9 Å². The van der Waals surface area contributed by atoms with Crippen molar-refractivity contribution in [1.29, 1.82) is 0 Å². The second-order valence-electron chi connectivity index (χ2n) is 3.58. The van der Waals surface area contributed by atoms with Gasteiger partial charge in [-0.3, -0.25) is 0 Å². The van der Waals surface area contributed by atoms with Gasteiger partial charge in [-0.25, -0.2) is 9.59 Å². The molecular weight excluding hydrogens is 240 g/mol. The number of carboxylic acid groups (broad SMARTS) is 2. The van der Waals surface area contributed by atoms with Crippen LogP contribution in [-0.2, 0) is 4.89 Å². The number of hydrogen-bond acceptors (Lipinski definition) is 4. The average molecular weight is 254 g/mol. The second-order valence-corrected chi connectivity index (χ2v) is 3.58. The first kappa shape index (κ1) is 14.0. The molecule has 0 aliphatic heterocycles. The lowest BCUT2D eigenvalue weighted by Gasteiger charge is -2.08. The van der Waals surface area contributed by atoms with E-state index in [1.165, 1.54) is 12.1 Å². The molecule has 6 heteroatoms. The zero-order valence-electron chi connectivity index (χ0n) is 9.88. The van der Waals surface area contributed by atoms with Crippen LogP contribution < -0.4 is 4.89 Å². The Balaban J connectivity index is 2.86. The summed E-state index contributed by atoms with van der Waals surface area (Å²) in [7, 11) is 0. The summed E-state index contributed by atoms with van der Waals surface area (Å²) in [5.74, 6) is -2.48. The van der Waals surface area contributed by atoms with E-state index in [0.717, 1.165) is 18.9 Å². The Bertz CT molecular complexity index is 440. The van der Waals surface area contributed by atoms with E-state index in [-0.39, 0.29) is 16.9 Å². The van der Waals surface area contributed by atoms with Crippen LogP contribution in [0.3, 0.4) is 0 Å². The van der Waals surface area contributed by atoms with E-state index in [0.29, 0.717) is 6.61 Å². The Morgan fingerprint density at radius 1 is 1.22 bits per heavy atom. The highest BCUT2D eigenvalue weighted by Gasteiger charge is 2.15. The summed E-state index contributed by atoms with van der Waals surface area (Å²) >= 11 is 0. The topological polar surface area (TPSA) is 93.1 Å². The maximum Gasteiger partial charge on any atom is 0.339 e. The minimum absolute atomic E-state index is 0.0610. The lowest BCUT2D eigenvalue weighted by Crippen LogP contribution is -2.07. The molecule has 0 spiro atoms. The van der Waals surface area contributed by atoms with Gasteiger partial charge < -0.3 is 15.1 Å². The van der Waals surface area contributed by atoms with Gasteiger partial charge in [0.15, 0.2) is 5.75 Å². The highest BCUT2D eigenvalue weighted by molar-refractivity contribution is 5.94. The van der Waals surface area contributed by atoms with Gasteiger partial charge in [-0.2, -0.15) is 4.89 Å². The van der Waals surface area contributed by atoms with Crippen molar-refractivity contribution in [3.63, 3.8) is 0 Å². The summed E-state index contributed by atoms with van der Waals surface area (Å²) in [6.45, 7) is 2.28. The summed E-state index contributed by atoms with van der Waals surface area (Å²) in [6, 6.07) is 3.49. The van der Waals surface area contributed by atoms with Crippen molar-refractivity contribution in [1.82, 2.24) is 0 Å². The minimum atomic E-state index is -1.21. The third-order valence-electron chi connectivity index (χ3n) is 2.19. The summed E-state index contributed by atoms with van der Waals surface area (Å²) in [4.78, 5) is 31.4. The molecule has 0 atom stereocenters. The highest BCUT2D eigenvalue weighted by atomic mass is 17.2. The van der Waals surface area contributed by atoms with E-state index in [2.05, 4.69) is 0 Å². The number of carboxylic acids is 2. The van der Waals surface area contributed by atoms with Crippen LogP contribution in [0.1, 0.15) is 40.5 Å². The molecule has 18 heavy (non-hydrogen) atoms. The molecule has 0 bridgehead atoms. The average Bonchev–Trinajstić information content (AvgIpc) is 2.34. The first-order valence-corrected chi connectivity index (χ1v) is 5.46. The molecule has 98 valence electrons. The zero-order valence-corrected chi connectivity index (χ0v) is 9.88. The molecule has 0 saturated heterocycles. The molecule has 0 heterocycles. The zero-order chi connectivity index (χ0) is 13.5. The monoisotopic (exact) mass is 254 g/mol. The molecule has 0 fully saturated rings. The number of hydrogen-bond donors (Lipinski definition) is 2. The first-order chi connectivity index (χ1) is 8.56. The molecule has 0 unspecified atom stereocenters. The van der Waals surface area contributed by atoms with Gasteiger partial charge in [0.2, 0.25) is 0 Å². The molecule has 1 rings (SSSR count). The molecule has 0 aliphatic rings. The second kappa shape index (κ2) is 6.61. The van der Waals surface area contributed by atoms with Crippen molar-refractivity contribution in [2.24, 2.45) is 0 Å². The van der Waals surface area contributed by atoms with Crippen LogP contribution in [-0.4, -0.2) is 28.8 Å². The standard InChI is InChI=1S/C12H14O6/c1-2-3-6-17-18-10-7-8(11(13)14)4-5-9(10)12(15)16/h4-5,7H,2-3,6H2,1H3,(H,13,14)(H,15,16). The molecule has 1 aromatic rings. The molecule has 1 aromatic carbocycles. The van der Waals surface area contributed by atoms with Crippen molar-refractivity contribution in [3.8, 4) is 5.75 Å². The van der Waals surface area contributed by atoms with Gasteiger partial charge in [0.1, 0.15) is 5.56 Å². The summed E-state index contributed by atoms with van der Waals surface area (Å²) < 4.78 is 0. The predicted molar refractivity (Wildman–Crippen MR) is 61.8 cm³/mol. The van der Waals surface area contributed by atoms with E-state index >= 15 is 0 Å². The fraction of sp³-hybridized carbons (Fsp3) is 0.333. The smallest absolute Gasteiger partial charge is 0.339 e. The lowest BCUT2D eigenvalue weighted by atomic mass is 10.1. The van der Waals surface area contributed by atoms with E-state index in [9.17, 15) is 9.59 Å². The quantitative estimate of drug-likeness (QED) is 0.440. The Labute approximate surface area is 104 Å². The summed E-state index contributed by atoms with van der Waals surface area (Å²) in [5.41, 5.74) is -0.203. The predicted octanol–water partition coefficient (Wildman–Crippen LogP) is 2.19. The largest absolute Gasteiger partial charge is 0.478 e. The maximum absolute atomic E-state index is 10.9. The van der Waals surface area contributed by atoms with Crippen molar-refractivity contribution in [2.45, 2.75) is 19.8 Å². The van der Waals surface area contributed by atoms with Crippen LogP contribution in [0.5, 0.6) is 5.75 Å². The molecule has 0 aromatic heterocycles. The van der Waals surface area contributed by atoms with Gasteiger partial charge in [-0.15, -0.1) is 0 Å². The maximum atomic E-state index is 10.9. The van der Waals surface area contributed by atoms with Crippen LogP contribution in [0.4, 0.5) is 0 Å². The van der Waals surface area contributed by atoms with E-state index in [1.54, 1.807) is 0 Å². The van der Waals surface area contributed by atoms with Crippen LogP contribution >= 0.6 is 0 Å². The molecule has 0 saturated carbocycles. The van der Waals surface area contributed by atoms with Gasteiger partial charge in [0, 0.05) is 0 Å². The Hall–Kier alpha value is -2.08. The molecule has 0 amide bonds. The lowest BCUT2D eigenvalue weighted by molar-refractivity contribution is -0.207. The SMILES string of the molecule is CCCCOOc1cc(C(=O)O)ccc1C(=O)O. The Kier molecular flexibility index (Phi) is 5.13. The number of rotatable bonds is 7. The molecule has 0 aliphatic carbocycles. The third-order valence-corrected chi connectivity index (χ3v) is 2.19. The summed E-state index contributed by atoms with van der Waals surface area (Å²) in [5, 5.41) is 17.7. The van der Waals surface area contributed by atoms with Crippen molar-refractivity contribution in [3.05, 3.63) is 29.3 Å².